The molecule has 0 unspecified atom stereocenters. The highest BCUT2D eigenvalue weighted by Crippen LogP contribution is 1.96. The number of nitrogens with zero attached hydrogens (tertiary/aromatic N) is 2. The fraction of sp³-hybridized carbons (Fsp3) is 0.667. The molecule has 0 saturated carbocycles. The molecule has 0 spiro atoms. The lowest BCUT2D eigenvalue weighted by Gasteiger charge is -2.15. The zero-order chi connectivity index (χ0) is 9.52. The Labute approximate surface area is 79.3 Å². The van der Waals surface area contributed by atoms with Crippen LogP contribution >= 0.6 is 0 Å². The van der Waals surface area contributed by atoms with Gasteiger partial charge in [0.05, 0.1) is 0 Å². The van der Waals surface area contributed by atoms with Crippen molar-refractivity contribution in [3.63, 3.8) is 0 Å². The van der Waals surface area contributed by atoms with Crippen LogP contribution in [0.1, 0.15) is 12.6 Å². The lowest BCUT2D eigenvalue weighted by atomic mass is 10.4. The normalized spacial score (nSPS) is 11.0. The first-order valence-corrected chi connectivity index (χ1v) is 4.70. The average Bonchev–Trinajstić information content (AvgIpc) is 2.57. The highest BCUT2D eigenvalue weighted by atomic mass is 15.2. The molecule has 0 fully saturated rings. The van der Waals surface area contributed by atoms with Crippen molar-refractivity contribution in [3.05, 3.63) is 18.0 Å². The number of aromatic nitrogens is 2. The largest absolute Gasteiger partial charge is 0.316 e. The molecule has 1 rings (SSSR count). The van der Waals surface area contributed by atoms with E-state index in [0.717, 1.165) is 26.2 Å². The van der Waals surface area contributed by atoms with E-state index in [9.17, 15) is 0 Å². The first-order valence-electron chi connectivity index (χ1n) is 4.70. The van der Waals surface area contributed by atoms with E-state index in [1.807, 2.05) is 6.07 Å². The van der Waals surface area contributed by atoms with Crippen LogP contribution in [0.4, 0.5) is 0 Å². The second kappa shape index (κ2) is 5.72. The predicted molar refractivity (Wildman–Crippen MR) is 53.5 cm³/mol. The summed E-state index contributed by atoms with van der Waals surface area (Å²) in [5.74, 6) is 0. The summed E-state index contributed by atoms with van der Waals surface area (Å²) in [5.41, 5.74) is 1.17. The van der Waals surface area contributed by atoms with Crippen LogP contribution in [0.5, 0.6) is 0 Å². The standard InChI is InChI=1S/C9H18N4/c1-3-10-6-7-13(2)8-9-4-5-11-12-9/h4-5,10H,3,6-8H2,1-2H3,(H,11,12). The minimum atomic E-state index is 0.936. The highest BCUT2D eigenvalue weighted by Gasteiger charge is 1.99. The van der Waals surface area contributed by atoms with Crippen molar-refractivity contribution in [2.75, 3.05) is 26.7 Å². The van der Waals surface area contributed by atoms with Crippen molar-refractivity contribution in [1.29, 1.82) is 0 Å². The topological polar surface area (TPSA) is 44.0 Å². The zero-order valence-electron chi connectivity index (χ0n) is 8.38. The molecule has 74 valence electrons. The molecule has 0 aliphatic heterocycles. The van der Waals surface area contributed by atoms with Crippen molar-refractivity contribution in [2.24, 2.45) is 0 Å². The maximum atomic E-state index is 3.90. The Morgan fingerprint density at radius 1 is 1.62 bits per heavy atom. The monoisotopic (exact) mass is 182 g/mol. The van der Waals surface area contributed by atoms with Gasteiger partial charge in [-0.3, -0.25) is 10.00 Å². The number of rotatable bonds is 6. The number of nitrogens with one attached hydrogen (secondary N) is 2. The predicted octanol–water partition coefficient (Wildman–Crippen LogP) is 0.451. The molecule has 0 saturated heterocycles. The van der Waals surface area contributed by atoms with Gasteiger partial charge in [0.25, 0.3) is 0 Å². The first kappa shape index (κ1) is 10.2. The maximum Gasteiger partial charge on any atom is 0.0492 e. The molecule has 0 aliphatic carbocycles. The molecular weight excluding hydrogens is 164 g/mol. The molecular formula is C9H18N4. The molecule has 0 amide bonds. The van der Waals surface area contributed by atoms with Crippen LogP contribution < -0.4 is 5.32 Å². The zero-order valence-corrected chi connectivity index (χ0v) is 8.38. The summed E-state index contributed by atoms with van der Waals surface area (Å²) < 4.78 is 0. The van der Waals surface area contributed by atoms with Gasteiger partial charge in [-0.1, -0.05) is 6.92 Å². The molecule has 0 bridgehead atoms. The van der Waals surface area contributed by atoms with Gasteiger partial charge in [-0.25, -0.2) is 0 Å². The van der Waals surface area contributed by atoms with Gasteiger partial charge < -0.3 is 5.32 Å². The molecule has 1 aromatic rings. The Morgan fingerprint density at radius 3 is 3.08 bits per heavy atom. The van der Waals surface area contributed by atoms with E-state index >= 15 is 0 Å². The summed E-state index contributed by atoms with van der Waals surface area (Å²) in [5, 5.41) is 10.1. The third-order valence-corrected chi connectivity index (χ3v) is 1.92. The molecule has 4 heteroatoms. The van der Waals surface area contributed by atoms with Crippen molar-refractivity contribution in [3.8, 4) is 0 Å². The van der Waals surface area contributed by atoms with Crippen molar-refractivity contribution in [1.82, 2.24) is 20.4 Å². The molecule has 2 N–H and O–H groups in total. The number of hydrogen-bond donors (Lipinski definition) is 2. The second-order valence-corrected chi connectivity index (χ2v) is 3.17. The molecule has 1 heterocycles. The third-order valence-electron chi connectivity index (χ3n) is 1.92. The first-order chi connectivity index (χ1) is 6.33. The lowest BCUT2D eigenvalue weighted by molar-refractivity contribution is 0.321. The summed E-state index contributed by atoms with van der Waals surface area (Å²) >= 11 is 0. The van der Waals surface area contributed by atoms with Gasteiger partial charge in [-0.2, -0.15) is 5.10 Å². The van der Waals surface area contributed by atoms with E-state index in [-0.39, 0.29) is 0 Å². The molecule has 1 aromatic heterocycles. The number of likely N-dealkylation sites (N-methyl/N-ethyl adjacent to an activating group) is 2. The van der Waals surface area contributed by atoms with E-state index < -0.39 is 0 Å². The summed E-state index contributed by atoms with van der Waals surface area (Å²) in [6.45, 7) is 6.20. The summed E-state index contributed by atoms with van der Waals surface area (Å²) in [4.78, 5) is 2.26. The van der Waals surface area contributed by atoms with E-state index in [1.54, 1.807) is 6.20 Å². The molecule has 0 aromatic carbocycles. The minimum absolute atomic E-state index is 0.936. The Bertz CT molecular complexity index is 207. The maximum absolute atomic E-state index is 3.90. The van der Waals surface area contributed by atoms with Gasteiger partial charge in [0, 0.05) is 31.5 Å². The smallest absolute Gasteiger partial charge is 0.0492 e. The molecule has 0 radical (unpaired) electrons. The van der Waals surface area contributed by atoms with Crippen LogP contribution in [0, 0.1) is 0 Å². The molecule has 4 nitrogen and oxygen atoms in total. The van der Waals surface area contributed by atoms with Gasteiger partial charge in [0.1, 0.15) is 0 Å². The summed E-state index contributed by atoms with van der Waals surface area (Å²) in [6, 6.07) is 2.00. The molecule has 13 heavy (non-hydrogen) atoms. The van der Waals surface area contributed by atoms with Crippen molar-refractivity contribution >= 4 is 0 Å². The minimum Gasteiger partial charge on any atom is -0.316 e. The van der Waals surface area contributed by atoms with Gasteiger partial charge in [-0.15, -0.1) is 0 Å². The van der Waals surface area contributed by atoms with Crippen LogP contribution in [0.3, 0.4) is 0 Å². The Morgan fingerprint density at radius 2 is 2.46 bits per heavy atom. The molecule has 0 atom stereocenters. The number of aromatic amines is 1. The van der Waals surface area contributed by atoms with E-state index in [1.165, 1.54) is 5.69 Å². The summed E-state index contributed by atoms with van der Waals surface area (Å²) in [6.07, 6.45) is 1.79. The van der Waals surface area contributed by atoms with Crippen molar-refractivity contribution in [2.45, 2.75) is 13.5 Å². The third kappa shape index (κ3) is 4.05. The fourth-order valence-corrected chi connectivity index (χ4v) is 1.19. The van der Waals surface area contributed by atoms with Crippen LogP contribution in [-0.4, -0.2) is 41.8 Å². The average molecular weight is 182 g/mol. The van der Waals surface area contributed by atoms with E-state index in [2.05, 4.69) is 34.4 Å². The van der Waals surface area contributed by atoms with Gasteiger partial charge in [-0.05, 0) is 19.7 Å². The lowest BCUT2D eigenvalue weighted by Crippen LogP contribution is -2.28. The van der Waals surface area contributed by atoms with E-state index in [0.29, 0.717) is 0 Å². The highest BCUT2D eigenvalue weighted by molar-refractivity contribution is 4.96. The second-order valence-electron chi connectivity index (χ2n) is 3.17. The van der Waals surface area contributed by atoms with Gasteiger partial charge >= 0.3 is 0 Å². The van der Waals surface area contributed by atoms with Crippen LogP contribution in [0.25, 0.3) is 0 Å². The number of hydrogen-bond acceptors (Lipinski definition) is 3. The Kier molecular flexibility index (Phi) is 4.49. The SMILES string of the molecule is CCNCCN(C)Cc1ccn[nH]1. The van der Waals surface area contributed by atoms with Crippen LogP contribution in [0.2, 0.25) is 0 Å². The quantitative estimate of drug-likeness (QED) is 0.628. The van der Waals surface area contributed by atoms with Crippen LogP contribution in [-0.2, 0) is 6.54 Å². The van der Waals surface area contributed by atoms with Crippen LogP contribution in [0.15, 0.2) is 12.3 Å². The molecule has 0 aliphatic rings. The number of H-pyrrole nitrogens is 1. The van der Waals surface area contributed by atoms with Gasteiger partial charge in [0.15, 0.2) is 0 Å². The fourth-order valence-electron chi connectivity index (χ4n) is 1.19. The van der Waals surface area contributed by atoms with Gasteiger partial charge in [0.2, 0.25) is 0 Å². The Hall–Kier alpha value is -0.870. The Balaban J connectivity index is 2.14. The van der Waals surface area contributed by atoms with E-state index in [4.69, 9.17) is 0 Å². The van der Waals surface area contributed by atoms with Crippen molar-refractivity contribution < 1.29 is 0 Å². The summed E-state index contributed by atoms with van der Waals surface area (Å²) in [7, 11) is 2.11.